The third-order valence-corrected chi connectivity index (χ3v) is 3.91. The molecule has 140 valence electrons. The number of aromatic nitrogens is 4. The van der Waals surface area contributed by atoms with Crippen molar-refractivity contribution in [1.29, 1.82) is 0 Å². The Balaban J connectivity index is 1.64. The van der Waals surface area contributed by atoms with Crippen molar-refractivity contribution in [2.75, 3.05) is 18.9 Å². The van der Waals surface area contributed by atoms with Crippen LogP contribution in [0.5, 0.6) is 0 Å². The van der Waals surface area contributed by atoms with Gasteiger partial charge in [-0.25, -0.2) is 14.5 Å². The smallest absolute Gasteiger partial charge is 0.343 e. The highest BCUT2D eigenvalue weighted by Gasteiger charge is 2.17. The Hall–Kier alpha value is -3.62. The molecule has 0 fully saturated rings. The topological polar surface area (TPSA) is 128 Å². The van der Waals surface area contributed by atoms with Crippen LogP contribution in [0.4, 0.5) is 5.82 Å². The lowest BCUT2D eigenvalue weighted by Crippen LogP contribution is -2.25. The van der Waals surface area contributed by atoms with E-state index in [0.717, 1.165) is 5.69 Å². The minimum atomic E-state index is -0.519. The molecule has 1 aromatic carbocycles. The summed E-state index contributed by atoms with van der Waals surface area (Å²) in [5, 5.41) is 6.97. The number of hydrogen-bond acceptors (Lipinski definition) is 6. The monoisotopic (exact) mass is 368 g/mol. The Morgan fingerprint density at radius 1 is 1.26 bits per heavy atom. The van der Waals surface area contributed by atoms with Gasteiger partial charge in [0.2, 0.25) is 0 Å². The van der Waals surface area contributed by atoms with E-state index in [4.69, 9.17) is 10.5 Å². The number of anilines is 1. The molecule has 0 atom stereocenters. The van der Waals surface area contributed by atoms with E-state index in [1.807, 2.05) is 0 Å². The zero-order valence-corrected chi connectivity index (χ0v) is 14.8. The summed E-state index contributed by atoms with van der Waals surface area (Å²) in [6, 6.07) is 6.77. The van der Waals surface area contributed by atoms with Crippen LogP contribution in [0.1, 0.15) is 33.3 Å². The first-order valence-corrected chi connectivity index (χ1v) is 8.46. The van der Waals surface area contributed by atoms with Crippen molar-refractivity contribution in [3.63, 3.8) is 0 Å². The molecule has 1 amide bonds. The fourth-order valence-electron chi connectivity index (χ4n) is 2.52. The molecular formula is C18H20N6O3. The van der Waals surface area contributed by atoms with Gasteiger partial charge in [-0.05, 0) is 31.2 Å². The fraction of sp³-hybridized carbons (Fsp3) is 0.222. The number of carbonyl (C=O) groups is 2. The second-order valence-electron chi connectivity index (χ2n) is 5.71. The highest BCUT2D eigenvalue weighted by atomic mass is 16.5. The van der Waals surface area contributed by atoms with E-state index >= 15 is 0 Å². The molecule has 0 aliphatic heterocycles. The second kappa shape index (κ2) is 8.17. The summed E-state index contributed by atoms with van der Waals surface area (Å²) in [5.41, 5.74) is 8.30. The van der Waals surface area contributed by atoms with Gasteiger partial charge in [-0.2, -0.15) is 5.10 Å². The Kier molecular flexibility index (Phi) is 5.50. The van der Waals surface area contributed by atoms with Crippen LogP contribution in [0.15, 0.2) is 43.0 Å². The average molecular weight is 368 g/mol. The molecule has 3 rings (SSSR count). The molecule has 0 saturated carbocycles. The zero-order chi connectivity index (χ0) is 19.2. The Morgan fingerprint density at radius 3 is 2.70 bits per heavy atom. The normalized spacial score (nSPS) is 10.6. The van der Waals surface area contributed by atoms with Gasteiger partial charge >= 0.3 is 5.97 Å². The Labute approximate surface area is 155 Å². The van der Waals surface area contributed by atoms with Crippen molar-refractivity contribution in [2.45, 2.75) is 13.3 Å². The number of amides is 1. The highest BCUT2D eigenvalue weighted by Crippen LogP contribution is 2.18. The maximum Gasteiger partial charge on any atom is 0.343 e. The van der Waals surface area contributed by atoms with Crippen LogP contribution < -0.4 is 11.1 Å². The van der Waals surface area contributed by atoms with Gasteiger partial charge in [-0.3, -0.25) is 4.79 Å². The molecule has 0 aliphatic carbocycles. The molecule has 2 heterocycles. The first-order chi connectivity index (χ1) is 13.1. The van der Waals surface area contributed by atoms with E-state index in [0.29, 0.717) is 24.2 Å². The van der Waals surface area contributed by atoms with E-state index in [2.05, 4.69) is 20.4 Å². The summed E-state index contributed by atoms with van der Waals surface area (Å²) in [6.07, 6.45) is 5.36. The first-order valence-electron chi connectivity index (χ1n) is 8.46. The van der Waals surface area contributed by atoms with E-state index in [-0.39, 0.29) is 23.9 Å². The molecule has 0 spiro atoms. The van der Waals surface area contributed by atoms with Crippen molar-refractivity contribution in [2.24, 2.45) is 0 Å². The van der Waals surface area contributed by atoms with Gasteiger partial charge in [0, 0.05) is 30.4 Å². The number of nitrogens with one attached hydrogen (secondary N) is 2. The summed E-state index contributed by atoms with van der Waals surface area (Å²) >= 11 is 0. The molecule has 9 nitrogen and oxygen atoms in total. The third-order valence-electron chi connectivity index (χ3n) is 3.91. The third kappa shape index (κ3) is 4.14. The Morgan fingerprint density at radius 2 is 2.04 bits per heavy atom. The molecule has 3 aromatic rings. The van der Waals surface area contributed by atoms with Crippen molar-refractivity contribution < 1.29 is 14.3 Å². The second-order valence-corrected chi connectivity index (χ2v) is 5.71. The predicted molar refractivity (Wildman–Crippen MR) is 98.6 cm³/mol. The van der Waals surface area contributed by atoms with Gasteiger partial charge < -0.3 is 20.8 Å². The highest BCUT2D eigenvalue weighted by molar-refractivity contribution is 5.95. The zero-order valence-electron chi connectivity index (χ0n) is 14.8. The maximum atomic E-state index is 12.2. The van der Waals surface area contributed by atoms with Gasteiger partial charge in [-0.1, -0.05) is 0 Å². The maximum absolute atomic E-state index is 12.2. The molecule has 0 aliphatic rings. The molecule has 2 aromatic heterocycles. The van der Waals surface area contributed by atoms with Crippen LogP contribution >= 0.6 is 0 Å². The van der Waals surface area contributed by atoms with Gasteiger partial charge in [0.15, 0.2) is 0 Å². The Bertz CT molecular complexity index is 915. The number of aromatic amines is 1. The average Bonchev–Trinajstić information content (AvgIpc) is 3.32. The molecular weight excluding hydrogens is 348 g/mol. The molecule has 9 heteroatoms. The predicted octanol–water partition coefficient (Wildman–Crippen LogP) is 1.33. The van der Waals surface area contributed by atoms with Gasteiger partial charge in [0.25, 0.3) is 5.91 Å². The minimum absolute atomic E-state index is 0.179. The van der Waals surface area contributed by atoms with Crippen LogP contribution in [-0.4, -0.2) is 44.8 Å². The number of imidazole rings is 1. The van der Waals surface area contributed by atoms with Crippen LogP contribution in [0, 0.1) is 0 Å². The summed E-state index contributed by atoms with van der Waals surface area (Å²) in [4.78, 5) is 30.9. The van der Waals surface area contributed by atoms with Crippen molar-refractivity contribution >= 4 is 17.7 Å². The number of esters is 1. The first kappa shape index (κ1) is 18.2. The number of H-pyrrole nitrogens is 1. The number of nitrogen functional groups attached to an aromatic ring is 1. The number of nitrogens with zero attached hydrogens (tertiary/aromatic N) is 3. The lowest BCUT2D eigenvalue weighted by molar-refractivity contribution is 0.0527. The summed E-state index contributed by atoms with van der Waals surface area (Å²) in [6.45, 7) is 2.47. The standard InChI is InChI=1S/C18H20N6O3/c1-2-27-18(26)15-10-23-24(16(15)19)14-5-3-12(4-6-14)17(25)21-8-7-13-9-20-11-22-13/h3-6,9-11H,2,7-8,19H2,1H3,(H,20,22)(H,21,25). The number of carbonyl (C=O) groups excluding carboxylic acids is 2. The van der Waals surface area contributed by atoms with Crippen LogP contribution in [0.2, 0.25) is 0 Å². The number of benzene rings is 1. The van der Waals surface area contributed by atoms with Crippen molar-refractivity contribution in [1.82, 2.24) is 25.1 Å². The minimum Gasteiger partial charge on any atom is -0.462 e. The fourth-order valence-corrected chi connectivity index (χ4v) is 2.52. The van der Waals surface area contributed by atoms with Gasteiger partial charge in [0.1, 0.15) is 11.4 Å². The quantitative estimate of drug-likeness (QED) is 0.540. The lowest BCUT2D eigenvalue weighted by atomic mass is 10.2. The van der Waals surface area contributed by atoms with E-state index in [1.54, 1.807) is 43.7 Å². The van der Waals surface area contributed by atoms with Crippen molar-refractivity contribution in [3.8, 4) is 5.69 Å². The van der Waals surface area contributed by atoms with Crippen molar-refractivity contribution in [3.05, 3.63) is 59.8 Å². The summed E-state index contributed by atoms with van der Waals surface area (Å²) in [7, 11) is 0. The molecule has 27 heavy (non-hydrogen) atoms. The van der Waals surface area contributed by atoms with E-state index < -0.39 is 5.97 Å². The summed E-state index contributed by atoms with van der Waals surface area (Å²) < 4.78 is 6.36. The van der Waals surface area contributed by atoms with E-state index in [1.165, 1.54) is 10.9 Å². The molecule has 0 saturated heterocycles. The summed E-state index contributed by atoms with van der Waals surface area (Å²) in [5.74, 6) is -0.513. The molecule has 0 bridgehead atoms. The molecule has 4 N–H and O–H groups in total. The van der Waals surface area contributed by atoms with Gasteiger partial charge in [-0.15, -0.1) is 0 Å². The van der Waals surface area contributed by atoms with Crippen LogP contribution in [-0.2, 0) is 11.2 Å². The molecule has 0 radical (unpaired) electrons. The SMILES string of the molecule is CCOC(=O)c1cnn(-c2ccc(C(=O)NCCc3cnc[nH]3)cc2)c1N. The number of nitrogens with two attached hydrogens (primary N) is 1. The largest absolute Gasteiger partial charge is 0.462 e. The van der Waals surface area contributed by atoms with Gasteiger partial charge in [0.05, 0.1) is 24.8 Å². The molecule has 0 unspecified atom stereocenters. The number of hydrogen-bond donors (Lipinski definition) is 3. The van der Waals surface area contributed by atoms with Crippen LogP contribution in [0.25, 0.3) is 5.69 Å². The van der Waals surface area contributed by atoms with E-state index in [9.17, 15) is 9.59 Å². The number of rotatable bonds is 7. The van der Waals surface area contributed by atoms with Crippen LogP contribution in [0.3, 0.4) is 0 Å². The number of ether oxygens (including phenoxy) is 1. The lowest BCUT2D eigenvalue weighted by Gasteiger charge is -2.07.